The van der Waals surface area contributed by atoms with E-state index in [1.807, 2.05) is 6.07 Å². The van der Waals surface area contributed by atoms with Crippen LogP contribution < -0.4 is 10.2 Å². The SMILES string of the molecule is COCc1cc(C)nc(OCC(=O)N/N=C/c2ccc(O)cc2)c1C#N. The van der Waals surface area contributed by atoms with Gasteiger partial charge in [0, 0.05) is 18.4 Å². The molecule has 2 rings (SSSR count). The minimum Gasteiger partial charge on any atom is -0.508 e. The number of hydrazone groups is 1. The molecule has 0 saturated carbocycles. The van der Waals surface area contributed by atoms with E-state index in [4.69, 9.17) is 9.47 Å². The van der Waals surface area contributed by atoms with Crippen molar-refractivity contribution < 1.29 is 19.4 Å². The molecule has 1 aromatic heterocycles. The van der Waals surface area contributed by atoms with E-state index < -0.39 is 5.91 Å². The lowest BCUT2D eigenvalue weighted by Crippen LogP contribution is -2.25. The normalized spacial score (nSPS) is 10.5. The van der Waals surface area contributed by atoms with E-state index in [0.29, 0.717) is 16.8 Å². The summed E-state index contributed by atoms with van der Waals surface area (Å²) in [4.78, 5) is 16.0. The van der Waals surface area contributed by atoms with Crippen LogP contribution in [0.4, 0.5) is 0 Å². The van der Waals surface area contributed by atoms with Gasteiger partial charge in [0.2, 0.25) is 5.88 Å². The van der Waals surface area contributed by atoms with Gasteiger partial charge in [-0.3, -0.25) is 4.79 Å². The van der Waals surface area contributed by atoms with Gasteiger partial charge in [0.15, 0.2) is 6.61 Å². The number of aromatic hydroxyl groups is 1. The van der Waals surface area contributed by atoms with Gasteiger partial charge in [0.25, 0.3) is 5.91 Å². The fourth-order valence-electron chi connectivity index (χ4n) is 2.11. The van der Waals surface area contributed by atoms with Crippen LogP contribution in [0, 0.1) is 18.3 Å². The van der Waals surface area contributed by atoms with Crippen molar-refractivity contribution in [1.82, 2.24) is 10.4 Å². The second-order valence-electron chi connectivity index (χ2n) is 5.32. The molecule has 1 aromatic carbocycles. The quantitative estimate of drug-likeness (QED) is 0.577. The first-order valence-corrected chi connectivity index (χ1v) is 7.66. The maximum atomic E-state index is 11.8. The van der Waals surface area contributed by atoms with Crippen LogP contribution in [0.15, 0.2) is 35.4 Å². The molecule has 0 aliphatic heterocycles. The van der Waals surface area contributed by atoms with E-state index in [1.165, 1.54) is 25.5 Å². The number of methoxy groups -OCH3 is 1. The average Bonchev–Trinajstić information content (AvgIpc) is 2.62. The summed E-state index contributed by atoms with van der Waals surface area (Å²) in [5, 5.41) is 22.3. The number of amides is 1. The Morgan fingerprint density at radius 2 is 2.15 bits per heavy atom. The lowest BCUT2D eigenvalue weighted by molar-refractivity contribution is -0.123. The lowest BCUT2D eigenvalue weighted by atomic mass is 10.1. The number of hydrogen-bond donors (Lipinski definition) is 2. The first-order chi connectivity index (χ1) is 12.5. The smallest absolute Gasteiger partial charge is 0.278 e. The number of pyridine rings is 1. The van der Waals surface area contributed by atoms with Gasteiger partial charge < -0.3 is 14.6 Å². The highest BCUT2D eigenvalue weighted by atomic mass is 16.5. The standard InChI is InChI=1S/C18H18N4O4/c1-12-7-14(10-25-2)16(8-19)18(21-12)26-11-17(24)22-20-9-13-3-5-15(23)6-4-13/h3-7,9,23H,10-11H2,1-2H3,(H,22,24)/b20-9+. The number of ether oxygens (including phenoxy) is 2. The molecule has 0 aliphatic carbocycles. The molecular weight excluding hydrogens is 336 g/mol. The third kappa shape index (κ3) is 5.29. The van der Waals surface area contributed by atoms with Crippen LogP contribution in [-0.2, 0) is 16.1 Å². The minimum atomic E-state index is -0.500. The molecule has 0 aliphatic rings. The Bertz CT molecular complexity index is 842. The molecule has 2 aromatic rings. The molecule has 134 valence electrons. The number of nitrogens with one attached hydrogen (secondary N) is 1. The highest BCUT2D eigenvalue weighted by molar-refractivity contribution is 5.83. The molecule has 8 nitrogen and oxygen atoms in total. The molecule has 0 atom stereocenters. The molecule has 1 heterocycles. The van der Waals surface area contributed by atoms with Crippen LogP contribution in [0.2, 0.25) is 0 Å². The molecule has 0 fully saturated rings. The molecular formula is C18H18N4O4. The summed E-state index contributed by atoms with van der Waals surface area (Å²) in [6.45, 7) is 1.66. The topological polar surface area (TPSA) is 117 Å². The Labute approximate surface area is 150 Å². The summed E-state index contributed by atoms with van der Waals surface area (Å²) < 4.78 is 10.4. The molecule has 26 heavy (non-hydrogen) atoms. The average molecular weight is 354 g/mol. The zero-order valence-electron chi connectivity index (χ0n) is 14.4. The van der Waals surface area contributed by atoms with Gasteiger partial charge in [0.05, 0.1) is 12.8 Å². The Kier molecular flexibility index (Phi) is 6.65. The van der Waals surface area contributed by atoms with Crippen molar-refractivity contribution in [2.24, 2.45) is 5.10 Å². The van der Waals surface area contributed by atoms with Gasteiger partial charge in [0.1, 0.15) is 17.4 Å². The van der Waals surface area contributed by atoms with Crippen molar-refractivity contribution in [3.63, 3.8) is 0 Å². The zero-order valence-corrected chi connectivity index (χ0v) is 14.4. The summed E-state index contributed by atoms with van der Waals surface area (Å²) in [5.41, 5.74) is 4.55. The van der Waals surface area contributed by atoms with Crippen molar-refractivity contribution in [2.75, 3.05) is 13.7 Å². The Morgan fingerprint density at radius 1 is 1.42 bits per heavy atom. The number of phenols is 1. The first kappa shape index (κ1) is 18.9. The Hall–Kier alpha value is -3.44. The van der Waals surface area contributed by atoms with E-state index in [9.17, 15) is 15.2 Å². The largest absolute Gasteiger partial charge is 0.508 e. The maximum Gasteiger partial charge on any atom is 0.278 e. The van der Waals surface area contributed by atoms with Gasteiger partial charge in [-0.15, -0.1) is 0 Å². The van der Waals surface area contributed by atoms with Gasteiger partial charge in [-0.2, -0.15) is 10.4 Å². The van der Waals surface area contributed by atoms with E-state index in [0.717, 1.165) is 0 Å². The molecule has 0 unspecified atom stereocenters. The van der Waals surface area contributed by atoms with Crippen LogP contribution in [-0.4, -0.2) is 35.9 Å². The number of rotatable bonds is 7. The maximum absolute atomic E-state index is 11.8. The van der Waals surface area contributed by atoms with Crippen molar-refractivity contribution in [2.45, 2.75) is 13.5 Å². The Balaban J connectivity index is 1.96. The van der Waals surface area contributed by atoms with E-state index in [2.05, 4.69) is 15.5 Å². The van der Waals surface area contributed by atoms with Crippen LogP contribution in [0.1, 0.15) is 22.4 Å². The van der Waals surface area contributed by atoms with E-state index in [-0.39, 0.29) is 30.4 Å². The van der Waals surface area contributed by atoms with Gasteiger partial charge in [-0.25, -0.2) is 10.4 Å². The van der Waals surface area contributed by atoms with Crippen LogP contribution in [0.3, 0.4) is 0 Å². The molecule has 0 saturated heterocycles. The molecule has 0 spiro atoms. The highest BCUT2D eigenvalue weighted by Crippen LogP contribution is 2.21. The number of hydrogen-bond acceptors (Lipinski definition) is 7. The fraction of sp³-hybridized carbons (Fsp3) is 0.222. The zero-order chi connectivity index (χ0) is 18.9. The number of nitrogens with zero attached hydrogens (tertiary/aromatic N) is 3. The molecule has 2 N–H and O–H groups in total. The number of benzene rings is 1. The van der Waals surface area contributed by atoms with Gasteiger partial charge in [-0.05, 0) is 42.8 Å². The molecule has 0 radical (unpaired) electrons. The number of phenolic OH excluding ortho intramolecular Hbond substituents is 1. The molecule has 1 amide bonds. The number of aromatic nitrogens is 1. The van der Waals surface area contributed by atoms with E-state index >= 15 is 0 Å². The van der Waals surface area contributed by atoms with Gasteiger partial charge in [-0.1, -0.05) is 0 Å². The summed E-state index contributed by atoms with van der Waals surface area (Å²) in [6, 6.07) is 10.1. The van der Waals surface area contributed by atoms with Crippen molar-refractivity contribution in [3.05, 3.63) is 52.7 Å². The second kappa shape index (κ2) is 9.15. The Morgan fingerprint density at radius 3 is 2.81 bits per heavy atom. The van der Waals surface area contributed by atoms with E-state index in [1.54, 1.807) is 25.1 Å². The fourth-order valence-corrected chi connectivity index (χ4v) is 2.11. The third-order valence-electron chi connectivity index (χ3n) is 3.24. The number of nitriles is 1. The molecule has 8 heteroatoms. The number of aryl methyl sites for hydroxylation is 1. The van der Waals surface area contributed by atoms with Crippen LogP contribution >= 0.6 is 0 Å². The summed E-state index contributed by atoms with van der Waals surface area (Å²) >= 11 is 0. The minimum absolute atomic E-state index is 0.0808. The lowest BCUT2D eigenvalue weighted by Gasteiger charge is -2.10. The van der Waals surface area contributed by atoms with Crippen molar-refractivity contribution in [1.29, 1.82) is 5.26 Å². The predicted octanol–water partition coefficient (Wildman–Crippen LogP) is 1.64. The number of carbonyl (C=O) groups is 1. The predicted molar refractivity (Wildman–Crippen MR) is 93.7 cm³/mol. The summed E-state index contributed by atoms with van der Waals surface area (Å²) in [5.74, 6) is -0.274. The highest BCUT2D eigenvalue weighted by Gasteiger charge is 2.14. The van der Waals surface area contributed by atoms with Crippen molar-refractivity contribution >= 4 is 12.1 Å². The molecule has 0 bridgehead atoms. The first-order valence-electron chi connectivity index (χ1n) is 7.66. The van der Waals surface area contributed by atoms with Crippen molar-refractivity contribution in [3.8, 4) is 17.7 Å². The summed E-state index contributed by atoms with van der Waals surface area (Å²) in [7, 11) is 1.52. The van der Waals surface area contributed by atoms with Crippen LogP contribution in [0.5, 0.6) is 11.6 Å². The van der Waals surface area contributed by atoms with Gasteiger partial charge >= 0.3 is 0 Å². The number of carbonyl (C=O) groups excluding carboxylic acids is 1. The third-order valence-corrected chi connectivity index (χ3v) is 3.24. The second-order valence-corrected chi connectivity index (χ2v) is 5.32. The monoisotopic (exact) mass is 354 g/mol. The van der Waals surface area contributed by atoms with Crippen LogP contribution in [0.25, 0.3) is 0 Å². The summed E-state index contributed by atoms with van der Waals surface area (Å²) in [6.07, 6.45) is 1.43.